The monoisotopic (exact) mass is 826 g/mol. The molecule has 320 valence electrons. The zero-order valence-electron chi connectivity index (χ0n) is 34.1. The summed E-state index contributed by atoms with van der Waals surface area (Å²) in [6.07, 6.45) is 22.8. The molecule has 58 heavy (non-hydrogen) atoms. The van der Waals surface area contributed by atoms with Gasteiger partial charge in [0, 0.05) is 25.5 Å². The van der Waals surface area contributed by atoms with Crippen LogP contribution in [0.3, 0.4) is 0 Å². The lowest BCUT2D eigenvalue weighted by Gasteiger charge is -2.34. The summed E-state index contributed by atoms with van der Waals surface area (Å²) < 4.78 is 47.1. The topological polar surface area (TPSA) is 201 Å². The van der Waals surface area contributed by atoms with Crippen molar-refractivity contribution < 1.29 is 42.1 Å². The molecule has 0 aromatic carbocycles. The number of unbranched alkanes of at least 4 members (excludes halogenated alkanes) is 2. The Hall–Kier alpha value is -3.76. The molecule has 4 N–H and O–H groups in total. The number of nitrogens with one attached hydrogen (secondary N) is 3. The van der Waals surface area contributed by atoms with E-state index in [0.29, 0.717) is 50.2 Å². The molecule has 15 nitrogen and oxygen atoms in total. The number of allylic oxidation sites excluding steroid dienone is 2. The lowest BCUT2D eigenvalue weighted by molar-refractivity contribution is -0.141. The molecular formula is C42H62N6O9S. The van der Waals surface area contributed by atoms with Crippen LogP contribution in [0.15, 0.2) is 45.7 Å². The molecule has 3 amide bonds. The van der Waals surface area contributed by atoms with Crippen LogP contribution in [0.25, 0.3) is 0 Å². The van der Waals surface area contributed by atoms with Gasteiger partial charge in [-0.25, -0.2) is 18.2 Å². The van der Waals surface area contributed by atoms with Gasteiger partial charge in [0.1, 0.15) is 17.8 Å². The first-order valence-corrected chi connectivity index (χ1v) is 23.1. The van der Waals surface area contributed by atoms with Gasteiger partial charge in [-0.2, -0.15) is 4.72 Å². The fourth-order valence-corrected chi connectivity index (χ4v) is 10.9. The lowest BCUT2D eigenvalue weighted by Crippen LogP contribution is -2.62. The third-order valence-corrected chi connectivity index (χ3v) is 15.0. The van der Waals surface area contributed by atoms with Crippen LogP contribution in [0.1, 0.15) is 122 Å². The second-order valence-electron chi connectivity index (χ2n) is 17.3. The minimum Gasteiger partial charge on any atom is -0.497 e. The Labute approximate surface area is 342 Å². The van der Waals surface area contributed by atoms with E-state index in [1.54, 1.807) is 7.11 Å². The van der Waals surface area contributed by atoms with Crippen molar-refractivity contribution in [3.63, 3.8) is 0 Å². The molecule has 3 aliphatic heterocycles. The van der Waals surface area contributed by atoms with Crippen LogP contribution in [-0.4, -0.2) is 110 Å². The van der Waals surface area contributed by atoms with Gasteiger partial charge in [-0.05, 0) is 69.8 Å². The molecule has 0 aromatic heterocycles. The smallest absolute Gasteiger partial charge is 0.405 e. The van der Waals surface area contributed by atoms with E-state index in [0.717, 1.165) is 49.4 Å². The van der Waals surface area contributed by atoms with Crippen LogP contribution >= 0.6 is 0 Å². The van der Waals surface area contributed by atoms with Crippen molar-refractivity contribution in [2.24, 2.45) is 21.8 Å². The van der Waals surface area contributed by atoms with E-state index in [2.05, 4.69) is 21.4 Å². The number of carbonyl (C=O) groups is 3. The predicted molar refractivity (Wildman–Crippen MR) is 219 cm³/mol. The maximum atomic E-state index is 14.6. The van der Waals surface area contributed by atoms with Gasteiger partial charge < -0.3 is 34.9 Å². The van der Waals surface area contributed by atoms with Crippen molar-refractivity contribution in [1.29, 1.82) is 0 Å². The summed E-state index contributed by atoms with van der Waals surface area (Å²) in [6.45, 7) is 0.111. The summed E-state index contributed by atoms with van der Waals surface area (Å²) in [5.74, 6) is 0.704. The molecule has 4 fully saturated rings. The Bertz CT molecular complexity index is 1810. The fraction of sp³-hybridized carbons (Fsp3) is 0.738. The van der Waals surface area contributed by atoms with Crippen molar-refractivity contribution in [1.82, 2.24) is 20.3 Å². The van der Waals surface area contributed by atoms with E-state index >= 15 is 0 Å². The highest BCUT2D eigenvalue weighted by molar-refractivity contribution is 7.90. The predicted octanol–water partition coefficient (Wildman–Crippen LogP) is 5.24. The number of carbonyl (C=O) groups excluding carboxylic acids is 2. The van der Waals surface area contributed by atoms with E-state index in [1.807, 2.05) is 18.2 Å². The van der Waals surface area contributed by atoms with Gasteiger partial charge in [0.25, 0.3) is 0 Å². The average molecular weight is 827 g/mol. The van der Waals surface area contributed by atoms with Gasteiger partial charge in [-0.15, -0.1) is 0 Å². The number of likely N-dealkylation sites (N-methyl/N-ethyl adjacent to an activating group) is 1. The summed E-state index contributed by atoms with van der Waals surface area (Å²) in [5.41, 5.74) is -0.853. The molecule has 16 heteroatoms. The third-order valence-electron chi connectivity index (χ3n) is 13.1. The minimum atomic E-state index is -3.68. The van der Waals surface area contributed by atoms with Crippen LogP contribution in [0.4, 0.5) is 4.79 Å². The van der Waals surface area contributed by atoms with Crippen LogP contribution < -0.4 is 15.4 Å². The molecule has 3 saturated carbocycles. The van der Waals surface area contributed by atoms with Gasteiger partial charge in [-0.1, -0.05) is 69.9 Å². The van der Waals surface area contributed by atoms with Crippen molar-refractivity contribution >= 4 is 39.5 Å². The molecule has 1 saturated heterocycles. The number of amides is 3. The van der Waals surface area contributed by atoms with Gasteiger partial charge in [0.15, 0.2) is 5.72 Å². The van der Waals surface area contributed by atoms with Gasteiger partial charge in [-0.3, -0.25) is 14.6 Å². The van der Waals surface area contributed by atoms with Crippen molar-refractivity contribution in [3.05, 3.63) is 35.8 Å². The largest absolute Gasteiger partial charge is 0.497 e. The highest BCUT2D eigenvalue weighted by Crippen LogP contribution is 2.58. The first kappa shape index (κ1) is 42.4. The summed E-state index contributed by atoms with van der Waals surface area (Å²) >= 11 is 0. The van der Waals surface area contributed by atoms with Crippen molar-refractivity contribution in [2.75, 3.05) is 27.4 Å². The molecule has 0 aromatic rings. The Kier molecular flexibility index (Phi) is 13.3. The number of hydrogen-bond acceptors (Lipinski definition) is 10. The van der Waals surface area contributed by atoms with E-state index in [4.69, 9.17) is 24.2 Å². The zero-order valence-corrected chi connectivity index (χ0v) is 34.9. The van der Waals surface area contributed by atoms with Crippen molar-refractivity contribution in [3.8, 4) is 0 Å². The molecule has 6 atom stereocenters. The number of ether oxygens (including phenoxy) is 3. The van der Waals surface area contributed by atoms with Gasteiger partial charge in [0.2, 0.25) is 27.7 Å². The Morgan fingerprint density at radius 1 is 1.07 bits per heavy atom. The zero-order chi connectivity index (χ0) is 40.9. The fourth-order valence-electron chi connectivity index (χ4n) is 9.26. The summed E-state index contributed by atoms with van der Waals surface area (Å²) in [7, 11) is -0.558. The standard InChI is InChI=1S/C42H62N6O9S/c1-48-36(23-24-56-38-33(17-10-6-7-13-28-14-11-12-15-28)43-32-22-19-30(55-2)25-35(32)44-38)37(49)46-41(42(27-57-42)47-58(53,54)31-20-21-31)26-29(41)16-8-4-3-5-9-18-34(39(48)50)45-40(51)52/h8,16,19,25,28-29,31-32,34,36,45,47H,3-7,9-15,17-18,20-24,26-27H2,1-2H3,(H,46,49)(H,51,52). The quantitative estimate of drug-likeness (QED) is 0.0969. The van der Waals surface area contributed by atoms with Gasteiger partial charge >= 0.3 is 6.09 Å². The first-order chi connectivity index (χ1) is 27.9. The summed E-state index contributed by atoms with van der Waals surface area (Å²) in [6, 6.07) is -2.29. The molecule has 0 radical (unpaired) electrons. The maximum absolute atomic E-state index is 14.6. The first-order valence-electron chi connectivity index (χ1n) is 21.6. The number of sulfonamides is 1. The molecule has 6 unspecified atom stereocenters. The van der Waals surface area contributed by atoms with E-state index < -0.39 is 56.5 Å². The number of nitrogens with zero attached hydrogens (tertiary/aromatic N) is 3. The molecule has 7 aliphatic rings. The highest BCUT2D eigenvalue weighted by atomic mass is 32.2. The molecule has 7 rings (SSSR count). The molecule has 4 aliphatic carbocycles. The Balaban J connectivity index is 1.10. The number of fused-ring (bicyclic) bond motifs is 2. The number of epoxide rings is 1. The number of carboxylic acid groups (broad SMARTS) is 1. The second-order valence-corrected chi connectivity index (χ2v) is 19.2. The van der Waals surface area contributed by atoms with Crippen molar-refractivity contribution in [2.45, 2.75) is 157 Å². The molecule has 0 spiro atoms. The molecule has 0 bridgehead atoms. The Morgan fingerprint density at radius 3 is 2.57 bits per heavy atom. The average Bonchev–Trinajstić information content (AvgIpc) is 4.15. The minimum absolute atomic E-state index is 0.00344. The SMILES string of the molecule is COC1=CCC2N=C(CCCCCC3CCCC3)C(OCCC3C(=O)NC4(C5(NS(=O)(=O)C6CC6)CO5)CC4C=CCCCCCC(NC(=O)O)C(=O)N3C)=NC2=C1. The van der Waals surface area contributed by atoms with E-state index in [1.165, 1.54) is 50.5 Å². The number of rotatable bonds is 15. The van der Waals surface area contributed by atoms with Crippen LogP contribution in [-0.2, 0) is 33.8 Å². The number of methoxy groups -OCH3 is 1. The molecule has 3 heterocycles. The third kappa shape index (κ3) is 9.98. The number of hydrogen-bond donors (Lipinski definition) is 4. The summed E-state index contributed by atoms with van der Waals surface area (Å²) in [5, 5.41) is 14.7. The van der Waals surface area contributed by atoms with Crippen LogP contribution in [0.2, 0.25) is 0 Å². The summed E-state index contributed by atoms with van der Waals surface area (Å²) in [4.78, 5) is 51.9. The number of aliphatic imine (C=N–C) groups is 2. The molecular weight excluding hydrogens is 765 g/mol. The highest BCUT2D eigenvalue weighted by Gasteiger charge is 2.75. The van der Waals surface area contributed by atoms with E-state index in [9.17, 15) is 27.9 Å². The second kappa shape index (κ2) is 18.2. The normalized spacial score (nSPS) is 31.9. The maximum Gasteiger partial charge on any atom is 0.405 e. The lowest BCUT2D eigenvalue weighted by atomic mass is 9.98. The van der Waals surface area contributed by atoms with Crippen LogP contribution in [0, 0.1) is 11.8 Å². The van der Waals surface area contributed by atoms with Crippen LogP contribution in [0.5, 0.6) is 0 Å². The van der Waals surface area contributed by atoms with E-state index in [-0.39, 0.29) is 38.0 Å². The Morgan fingerprint density at radius 2 is 1.84 bits per heavy atom. The van der Waals surface area contributed by atoms with Gasteiger partial charge in [0.05, 0.1) is 48.6 Å².